The highest BCUT2D eigenvalue weighted by molar-refractivity contribution is 7.90. The van der Waals surface area contributed by atoms with Gasteiger partial charge in [0.15, 0.2) is 0 Å². The minimum Gasteiger partial charge on any atom is -0.343 e. The van der Waals surface area contributed by atoms with Gasteiger partial charge in [-0.15, -0.1) is 0 Å². The van der Waals surface area contributed by atoms with Gasteiger partial charge in [0.1, 0.15) is 11.6 Å². The lowest BCUT2D eigenvalue weighted by atomic mass is 9.97. The molecule has 4 rings (SSSR count). The number of nitrogens with zero attached hydrogens (tertiary/aromatic N) is 3. The molecule has 212 valence electrons. The number of carbonyl (C=O) groups is 3. The van der Waals surface area contributed by atoms with E-state index in [0.29, 0.717) is 35.4 Å². The molecule has 0 aliphatic heterocycles. The number of fused-ring (bicyclic) bond motifs is 1. The third-order valence-corrected chi connectivity index (χ3v) is 7.97. The molecule has 1 atom stereocenters. The molecule has 41 heavy (non-hydrogen) atoms. The van der Waals surface area contributed by atoms with Gasteiger partial charge in [0.05, 0.1) is 16.8 Å². The second kappa shape index (κ2) is 12.7. The van der Waals surface area contributed by atoms with Gasteiger partial charge in [-0.3, -0.25) is 19.4 Å². The zero-order chi connectivity index (χ0) is 29.6. The Hall–Kier alpha value is -4.64. The summed E-state index contributed by atoms with van der Waals surface area (Å²) in [7, 11) is -4.24. The van der Waals surface area contributed by atoms with Gasteiger partial charge in [0.2, 0.25) is 11.8 Å². The van der Waals surface area contributed by atoms with Crippen molar-refractivity contribution in [1.29, 1.82) is 0 Å². The predicted molar refractivity (Wildman–Crippen MR) is 156 cm³/mol. The van der Waals surface area contributed by atoms with E-state index in [1.54, 1.807) is 63.2 Å². The predicted octanol–water partition coefficient (Wildman–Crippen LogP) is 3.72. The van der Waals surface area contributed by atoms with Crippen LogP contribution in [0.15, 0.2) is 84.0 Å². The topological polar surface area (TPSA) is 138 Å². The van der Waals surface area contributed by atoms with Crippen LogP contribution in [0.2, 0.25) is 0 Å². The standard InChI is InChI=1S/C30H31N5O5S/c1-4-35(5-2)30(38)26(28(36)34-41(39,40)25-15-12-22-8-6-7-9-23(22)17-25)16-21-10-13-24(14-11-21)33-29(37)27-19-31-20(3)18-32-27/h6-15,17-19,26H,4-5,16H2,1-3H3,(H,33,37)(H,34,36). The zero-order valence-corrected chi connectivity index (χ0v) is 23.8. The lowest BCUT2D eigenvalue weighted by Gasteiger charge is -2.24. The van der Waals surface area contributed by atoms with Crippen molar-refractivity contribution in [2.24, 2.45) is 5.92 Å². The van der Waals surface area contributed by atoms with Gasteiger partial charge in [-0.2, -0.15) is 0 Å². The smallest absolute Gasteiger partial charge is 0.275 e. The summed E-state index contributed by atoms with van der Waals surface area (Å²) in [5.41, 5.74) is 1.95. The lowest BCUT2D eigenvalue weighted by molar-refractivity contribution is -0.141. The Kier molecular flexibility index (Phi) is 9.08. The lowest BCUT2D eigenvalue weighted by Crippen LogP contribution is -2.46. The molecular formula is C30H31N5O5S. The average molecular weight is 574 g/mol. The Morgan fingerprint density at radius 1 is 0.878 bits per heavy atom. The molecule has 0 aliphatic rings. The summed E-state index contributed by atoms with van der Waals surface area (Å²) in [4.78, 5) is 48.7. The van der Waals surface area contributed by atoms with Crippen molar-refractivity contribution in [3.63, 3.8) is 0 Å². The zero-order valence-electron chi connectivity index (χ0n) is 23.0. The Morgan fingerprint density at radius 3 is 2.20 bits per heavy atom. The van der Waals surface area contributed by atoms with Crippen molar-refractivity contribution in [3.8, 4) is 0 Å². The summed E-state index contributed by atoms with van der Waals surface area (Å²) in [5, 5.41) is 4.30. The van der Waals surface area contributed by atoms with Crippen molar-refractivity contribution >= 4 is 44.2 Å². The molecule has 3 aromatic carbocycles. The first-order chi connectivity index (χ1) is 19.6. The highest BCUT2D eigenvalue weighted by Gasteiger charge is 2.33. The summed E-state index contributed by atoms with van der Waals surface area (Å²) in [6, 6.07) is 18.5. The van der Waals surface area contributed by atoms with Crippen LogP contribution in [0.25, 0.3) is 10.8 Å². The summed E-state index contributed by atoms with van der Waals surface area (Å²) in [6.45, 7) is 6.08. The number of aromatic nitrogens is 2. The van der Waals surface area contributed by atoms with Crippen LogP contribution in [0.5, 0.6) is 0 Å². The first-order valence-electron chi connectivity index (χ1n) is 13.1. The minimum absolute atomic E-state index is 0.0356. The molecule has 0 bridgehead atoms. The fourth-order valence-electron chi connectivity index (χ4n) is 4.31. The summed E-state index contributed by atoms with van der Waals surface area (Å²) in [6.07, 6.45) is 2.84. The quantitative estimate of drug-likeness (QED) is 0.276. The van der Waals surface area contributed by atoms with Gasteiger partial charge in [-0.1, -0.05) is 42.5 Å². The van der Waals surface area contributed by atoms with Crippen molar-refractivity contribution in [2.75, 3.05) is 18.4 Å². The highest BCUT2D eigenvalue weighted by Crippen LogP contribution is 2.21. The molecule has 10 nitrogen and oxygen atoms in total. The molecule has 0 saturated carbocycles. The third-order valence-electron chi connectivity index (χ3n) is 6.62. The number of carbonyl (C=O) groups excluding carboxylic acids is 3. The number of nitrogens with one attached hydrogen (secondary N) is 2. The molecule has 3 amide bonds. The molecule has 0 fully saturated rings. The number of amides is 3. The average Bonchev–Trinajstić information content (AvgIpc) is 2.97. The van der Waals surface area contributed by atoms with Gasteiger partial charge in [0.25, 0.3) is 15.9 Å². The van der Waals surface area contributed by atoms with E-state index in [2.05, 4.69) is 20.0 Å². The van der Waals surface area contributed by atoms with E-state index in [0.717, 1.165) is 5.39 Å². The van der Waals surface area contributed by atoms with Gasteiger partial charge < -0.3 is 10.2 Å². The molecule has 11 heteroatoms. The van der Waals surface area contributed by atoms with Gasteiger partial charge in [-0.05, 0) is 67.8 Å². The second-order valence-corrected chi connectivity index (χ2v) is 11.1. The van der Waals surface area contributed by atoms with E-state index in [1.807, 2.05) is 12.1 Å². The van der Waals surface area contributed by atoms with Crippen molar-refractivity contribution in [1.82, 2.24) is 19.6 Å². The number of rotatable bonds is 10. The second-order valence-electron chi connectivity index (χ2n) is 9.44. The van der Waals surface area contributed by atoms with Crippen LogP contribution in [0.4, 0.5) is 5.69 Å². The molecule has 1 unspecified atom stereocenters. The Labute approximate surface area is 238 Å². The minimum atomic E-state index is -4.24. The van der Waals surface area contributed by atoms with Crippen molar-refractivity contribution in [3.05, 3.63) is 96.1 Å². The van der Waals surface area contributed by atoms with Crippen LogP contribution in [0.1, 0.15) is 35.6 Å². The maximum atomic E-state index is 13.4. The molecule has 1 heterocycles. The third kappa shape index (κ3) is 7.12. The SMILES string of the molecule is CCN(CC)C(=O)C(Cc1ccc(NC(=O)c2cnc(C)cn2)cc1)C(=O)NS(=O)(=O)c1ccc2ccccc2c1. The highest BCUT2D eigenvalue weighted by atomic mass is 32.2. The maximum absolute atomic E-state index is 13.4. The fourth-order valence-corrected chi connectivity index (χ4v) is 5.36. The number of aryl methyl sites for hydroxylation is 1. The monoisotopic (exact) mass is 573 g/mol. The summed E-state index contributed by atoms with van der Waals surface area (Å²) < 4.78 is 28.4. The molecule has 2 N–H and O–H groups in total. The molecule has 0 saturated heterocycles. The Bertz CT molecular complexity index is 1670. The van der Waals surface area contributed by atoms with E-state index in [1.165, 1.54) is 29.4 Å². The number of benzene rings is 3. The normalized spacial score (nSPS) is 12.0. The van der Waals surface area contributed by atoms with Crippen LogP contribution in [-0.2, 0) is 26.0 Å². The molecule has 0 spiro atoms. The Balaban J connectivity index is 1.53. The number of sulfonamides is 1. The van der Waals surface area contributed by atoms with Gasteiger partial charge >= 0.3 is 0 Å². The molecule has 4 aromatic rings. The first kappa shape index (κ1) is 29.3. The first-order valence-corrected chi connectivity index (χ1v) is 14.6. The van der Waals surface area contributed by atoms with Crippen LogP contribution in [-0.4, -0.2) is 54.1 Å². The fraction of sp³-hybridized carbons (Fsp3) is 0.233. The van der Waals surface area contributed by atoms with Crippen LogP contribution in [0.3, 0.4) is 0 Å². The molecule has 0 aliphatic carbocycles. The van der Waals surface area contributed by atoms with E-state index in [-0.39, 0.29) is 17.0 Å². The van der Waals surface area contributed by atoms with E-state index >= 15 is 0 Å². The van der Waals surface area contributed by atoms with Crippen LogP contribution >= 0.6 is 0 Å². The number of anilines is 1. The Morgan fingerprint density at radius 2 is 1.56 bits per heavy atom. The van der Waals surface area contributed by atoms with Gasteiger partial charge in [-0.25, -0.2) is 18.1 Å². The summed E-state index contributed by atoms with van der Waals surface area (Å²) in [5.74, 6) is -3.10. The molecule has 0 radical (unpaired) electrons. The van der Waals surface area contributed by atoms with Crippen molar-refractivity contribution < 1.29 is 22.8 Å². The van der Waals surface area contributed by atoms with E-state index < -0.39 is 33.7 Å². The number of hydrogen-bond donors (Lipinski definition) is 2. The number of hydrogen-bond acceptors (Lipinski definition) is 7. The summed E-state index contributed by atoms with van der Waals surface area (Å²) >= 11 is 0. The van der Waals surface area contributed by atoms with Crippen LogP contribution < -0.4 is 10.0 Å². The van der Waals surface area contributed by atoms with Gasteiger partial charge in [0, 0.05) is 25.0 Å². The molecular weight excluding hydrogens is 542 g/mol. The maximum Gasteiger partial charge on any atom is 0.275 e. The molecule has 1 aromatic heterocycles. The van der Waals surface area contributed by atoms with Crippen molar-refractivity contribution in [2.45, 2.75) is 32.1 Å². The van der Waals surface area contributed by atoms with Crippen LogP contribution in [0, 0.1) is 12.8 Å². The van der Waals surface area contributed by atoms with E-state index in [4.69, 9.17) is 0 Å². The largest absolute Gasteiger partial charge is 0.343 e. The van der Waals surface area contributed by atoms with E-state index in [9.17, 15) is 22.8 Å².